The second kappa shape index (κ2) is 6.04. The molecule has 0 saturated carbocycles. The first-order valence-electron chi connectivity index (χ1n) is 6.68. The fourth-order valence-electron chi connectivity index (χ4n) is 2.49. The highest BCUT2D eigenvalue weighted by molar-refractivity contribution is 6.31. The Kier molecular flexibility index (Phi) is 4.61. The molecule has 1 heterocycles. The number of nitrogens with zero attached hydrogens (tertiary/aromatic N) is 2. The predicted molar refractivity (Wildman–Crippen MR) is 79.1 cm³/mol. The average Bonchev–Trinajstić information content (AvgIpc) is 2.54. The van der Waals surface area contributed by atoms with Gasteiger partial charge in [0.2, 0.25) is 0 Å². The van der Waals surface area contributed by atoms with E-state index in [2.05, 4.69) is 16.8 Å². The number of hydrogen-bond donors (Lipinski definition) is 0. The Hall–Kier alpha value is -0.900. The molecule has 3 nitrogen and oxygen atoms in total. The minimum absolute atomic E-state index is 0.0775. The van der Waals surface area contributed by atoms with Crippen LogP contribution in [-0.4, -0.2) is 55.4 Å². The fourth-order valence-corrected chi connectivity index (χ4v) is 2.67. The molecule has 4 heteroatoms. The van der Waals surface area contributed by atoms with Crippen molar-refractivity contribution in [3.8, 4) is 0 Å². The van der Waals surface area contributed by atoms with Gasteiger partial charge in [0, 0.05) is 17.1 Å². The molecule has 1 aliphatic heterocycles. The van der Waals surface area contributed by atoms with Crippen LogP contribution in [0.4, 0.5) is 0 Å². The van der Waals surface area contributed by atoms with Crippen LogP contribution in [0.25, 0.3) is 0 Å². The first-order chi connectivity index (χ1) is 8.99. The number of hydrogen-bond acceptors (Lipinski definition) is 3. The molecule has 19 heavy (non-hydrogen) atoms. The highest BCUT2D eigenvalue weighted by Gasteiger charge is 2.27. The SMILES string of the molecule is Cc1ccc(C(=O)C2CN(C)CCCN2C)cc1Cl. The van der Waals surface area contributed by atoms with E-state index in [1.165, 1.54) is 0 Å². The van der Waals surface area contributed by atoms with Crippen LogP contribution in [0, 0.1) is 6.92 Å². The summed E-state index contributed by atoms with van der Waals surface area (Å²) in [5, 5.41) is 0.662. The normalized spacial score (nSPS) is 22.2. The summed E-state index contributed by atoms with van der Waals surface area (Å²) in [5.74, 6) is 0.165. The van der Waals surface area contributed by atoms with E-state index in [9.17, 15) is 4.79 Å². The summed E-state index contributed by atoms with van der Waals surface area (Å²) in [7, 11) is 4.10. The monoisotopic (exact) mass is 280 g/mol. The zero-order valence-corrected chi connectivity index (χ0v) is 12.6. The topological polar surface area (TPSA) is 23.6 Å². The third kappa shape index (κ3) is 3.35. The van der Waals surface area contributed by atoms with Crippen LogP contribution in [0.15, 0.2) is 18.2 Å². The van der Waals surface area contributed by atoms with E-state index in [1.54, 1.807) is 6.07 Å². The minimum atomic E-state index is -0.0775. The summed E-state index contributed by atoms with van der Waals surface area (Å²) in [6.07, 6.45) is 1.10. The van der Waals surface area contributed by atoms with Gasteiger partial charge in [-0.3, -0.25) is 9.69 Å². The average molecular weight is 281 g/mol. The van der Waals surface area contributed by atoms with Gasteiger partial charge in [0.25, 0.3) is 0 Å². The molecule has 1 atom stereocenters. The van der Waals surface area contributed by atoms with Crippen molar-refractivity contribution in [2.75, 3.05) is 33.7 Å². The number of likely N-dealkylation sites (N-methyl/N-ethyl adjacent to an activating group) is 2. The van der Waals surface area contributed by atoms with E-state index in [-0.39, 0.29) is 11.8 Å². The summed E-state index contributed by atoms with van der Waals surface area (Å²) in [6.45, 7) is 4.73. The molecule has 0 aliphatic carbocycles. The van der Waals surface area contributed by atoms with Crippen LogP contribution < -0.4 is 0 Å². The molecule has 1 unspecified atom stereocenters. The number of halogens is 1. The predicted octanol–water partition coefficient (Wildman–Crippen LogP) is 2.47. The third-order valence-corrected chi connectivity index (χ3v) is 4.23. The highest BCUT2D eigenvalue weighted by Crippen LogP contribution is 2.19. The van der Waals surface area contributed by atoms with Crippen LogP contribution in [-0.2, 0) is 0 Å². The van der Waals surface area contributed by atoms with E-state index in [4.69, 9.17) is 11.6 Å². The Morgan fingerprint density at radius 3 is 2.74 bits per heavy atom. The molecule has 1 aromatic rings. The second-order valence-electron chi connectivity index (χ2n) is 5.44. The third-order valence-electron chi connectivity index (χ3n) is 3.83. The molecule has 1 saturated heterocycles. The van der Waals surface area contributed by atoms with Crippen molar-refractivity contribution in [1.29, 1.82) is 0 Å². The van der Waals surface area contributed by atoms with Crippen LogP contribution in [0.3, 0.4) is 0 Å². The molecule has 1 fully saturated rings. The molecule has 0 radical (unpaired) electrons. The molecule has 0 amide bonds. The summed E-state index contributed by atoms with van der Waals surface area (Å²) in [4.78, 5) is 17.0. The minimum Gasteiger partial charge on any atom is -0.304 e. The summed E-state index contributed by atoms with van der Waals surface area (Å²) < 4.78 is 0. The highest BCUT2D eigenvalue weighted by atomic mass is 35.5. The van der Waals surface area contributed by atoms with E-state index in [1.807, 2.05) is 26.1 Å². The molecule has 0 bridgehead atoms. The molecular weight excluding hydrogens is 260 g/mol. The number of benzene rings is 1. The quantitative estimate of drug-likeness (QED) is 0.778. The number of Topliss-reactive ketones (excluding diaryl/α,β-unsaturated/α-hetero) is 1. The Balaban J connectivity index is 2.23. The lowest BCUT2D eigenvalue weighted by atomic mass is 10.0. The lowest BCUT2D eigenvalue weighted by Gasteiger charge is -2.26. The maximum atomic E-state index is 12.6. The van der Waals surface area contributed by atoms with Gasteiger partial charge in [-0.2, -0.15) is 0 Å². The first-order valence-corrected chi connectivity index (χ1v) is 7.06. The van der Waals surface area contributed by atoms with Crippen LogP contribution >= 0.6 is 11.6 Å². The maximum Gasteiger partial charge on any atom is 0.181 e. The Morgan fingerprint density at radius 2 is 2.05 bits per heavy atom. The van der Waals surface area contributed by atoms with Gasteiger partial charge in [-0.15, -0.1) is 0 Å². The number of carbonyl (C=O) groups excluding carboxylic acids is 1. The lowest BCUT2D eigenvalue weighted by Crippen LogP contribution is -2.43. The summed E-state index contributed by atoms with van der Waals surface area (Å²) in [6, 6.07) is 5.50. The van der Waals surface area contributed by atoms with Crippen LogP contribution in [0.2, 0.25) is 5.02 Å². The van der Waals surface area contributed by atoms with Crippen molar-refractivity contribution < 1.29 is 4.79 Å². The first kappa shape index (κ1) is 14.5. The summed E-state index contributed by atoms with van der Waals surface area (Å²) >= 11 is 6.12. The zero-order valence-electron chi connectivity index (χ0n) is 11.8. The van der Waals surface area contributed by atoms with Crippen molar-refractivity contribution in [2.45, 2.75) is 19.4 Å². The fraction of sp³-hybridized carbons (Fsp3) is 0.533. The van der Waals surface area contributed by atoms with Gasteiger partial charge in [-0.05, 0) is 52.2 Å². The number of ketones is 1. The van der Waals surface area contributed by atoms with E-state index >= 15 is 0 Å². The molecule has 104 valence electrons. The number of rotatable bonds is 2. The van der Waals surface area contributed by atoms with Gasteiger partial charge >= 0.3 is 0 Å². The van der Waals surface area contributed by atoms with E-state index < -0.39 is 0 Å². The maximum absolute atomic E-state index is 12.6. The van der Waals surface area contributed by atoms with Gasteiger partial charge in [0.05, 0.1) is 6.04 Å². The Bertz CT molecular complexity index is 475. The van der Waals surface area contributed by atoms with Gasteiger partial charge in [0.15, 0.2) is 5.78 Å². The van der Waals surface area contributed by atoms with Crippen molar-refractivity contribution in [2.24, 2.45) is 0 Å². The molecular formula is C15H21ClN2O. The van der Waals surface area contributed by atoms with Gasteiger partial charge < -0.3 is 4.90 Å². The Morgan fingerprint density at radius 1 is 1.32 bits per heavy atom. The molecule has 1 aromatic carbocycles. The van der Waals surface area contributed by atoms with Crippen LogP contribution in [0.1, 0.15) is 22.3 Å². The van der Waals surface area contributed by atoms with E-state index in [0.717, 1.165) is 31.6 Å². The second-order valence-corrected chi connectivity index (χ2v) is 5.85. The molecule has 0 spiro atoms. The van der Waals surface area contributed by atoms with Gasteiger partial charge in [-0.1, -0.05) is 23.7 Å². The number of aryl methyl sites for hydroxylation is 1. The smallest absolute Gasteiger partial charge is 0.181 e. The van der Waals surface area contributed by atoms with Crippen molar-refractivity contribution in [1.82, 2.24) is 9.80 Å². The number of carbonyl (C=O) groups is 1. The van der Waals surface area contributed by atoms with Gasteiger partial charge in [-0.25, -0.2) is 0 Å². The van der Waals surface area contributed by atoms with Crippen LogP contribution in [0.5, 0.6) is 0 Å². The van der Waals surface area contributed by atoms with E-state index in [0.29, 0.717) is 10.6 Å². The molecule has 0 aromatic heterocycles. The van der Waals surface area contributed by atoms with Crippen molar-refractivity contribution in [3.63, 3.8) is 0 Å². The zero-order chi connectivity index (χ0) is 14.0. The lowest BCUT2D eigenvalue weighted by molar-refractivity contribution is 0.0839. The molecule has 0 N–H and O–H groups in total. The Labute approximate surface area is 120 Å². The van der Waals surface area contributed by atoms with Gasteiger partial charge in [0.1, 0.15) is 0 Å². The standard InChI is InChI=1S/C15H21ClN2O/c1-11-5-6-12(9-13(11)16)15(19)14-10-17(2)7-4-8-18(14)3/h5-6,9,14H,4,7-8,10H2,1-3H3. The molecule has 2 rings (SSSR count). The van der Waals surface area contributed by atoms with Crippen molar-refractivity contribution in [3.05, 3.63) is 34.3 Å². The van der Waals surface area contributed by atoms with Crippen molar-refractivity contribution >= 4 is 17.4 Å². The summed E-state index contributed by atoms with van der Waals surface area (Å²) in [5.41, 5.74) is 1.72. The largest absolute Gasteiger partial charge is 0.304 e. The molecule has 1 aliphatic rings.